The summed E-state index contributed by atoms with van der Waals surface area (Å²) in [7, 11) is 0. The molecule has 0 amide bonds. The molecular formula is C14H16N4. The van der Waals surface area contributed by atoms with Gasteiger partial charge in [-0.3, -0.25) is 0 Å². The van der Waals surface area contributed by atoms with Gasteiger partial charge in [-0.1, -0.05) is 6.07 Å². The van der Waals surface area contributed by atoms with Gasteiger partial charge in [0.15, 0.2) is 0 Å². The van der Waals surface area contributed by atoms with Gasteiger partial charge in [0.2, 0.25) is 0 Å². The highest BCUT2D eigenvalue weighted by atomic mass is 14.9. The maximum atomic E-state index is 4.20. The van der Waals surface area contributed by atoms with Gasteiger partial charge in [-0.15, -0.1) is 0 Å². The van der Waals surface area contributed by atoms with E-state index >= 15 is 0 Å². The van der Waals surface area contributed by atoms with Crippen molar-refractivity contribution in [2.24, 2.45) is 0 Å². The molecule has 0 radical (unpaired) electrons. The highest BCUT2D eigenvalue weighted by Crippen LogP contribution is 2.13. The topological polar surface area (TPSA) is 56.5 Å². The smallest absolute Gasteiger partial charge is 0.107 e. The number of hydrogen-bond donors (Lipinski definition) is 3. The number of rotatable bonds is 5. The lowest BCUT2D eigenvalue weighted by Crippen LogP contribution is -2.17. The van der Waals surface area contributed by atoms with Gasteiger partial charge in [0.1, 0.15) is 5.82 Å². The zero-order valence-electron chi connectivity index (χ0n) is 10.1. The fourth-order valence-electron chi connectivity index (χ4n) is 2.09. The number of fused-ring (bicyclic) bond motifs is 1. The molecule has 92 valence electrons. The van der Waals surface area contributed by atoms with E-state index < -0.39 is 0 Å². The Morgan fingerprint density at radius 1 is 1.11 bits per heavy atom. The van der Waals surface area contributed by atoms with Crippen molar-refractivity contribution >= 4 is 10.9 Å². The third kappa shape index (κ3) is 2.43. The first kappa shape index (κ1) is 11.0. The molecule has 3 rings (SSSR count). The van der Waals surface area contributed by atoms with Gasteiger partial charge in [0.05, 0.1) is 0 Å². The lowest BCUT2D eigenvalue weighted by Gasteiger charge is -2.04. The quantitative estimate of drug-likeness (QED) is 0.599. The lowest BCUT2D eigenvalue weighted by atomic mass is 10.1. The standard InChI is InChI=1S/C14H16N4/c1-2-13-12(3-6-16-13)9-11(1)10-15-5-4-14-17-7-8-18-14/h1-3,6-9,15-16H,4-5,10H2,(H,17,18). The molecule has 3 aromatic rings. The van der Waals surface area contributed by atoms with Crippen LogP contribution in [0.4, 0.5) is 0 Å². The van der Waals surface area contributed by atoms with Crippen LogP contribution in [0.1, 0.15) is 11.4 Å². The van der Waals surface area contributed by atoms with Crippen molar-refractivity contribution in [3.05, 3.63) is 54.2 Å². The molecule has 0 aliphatic heterocycles. The van der Waals surface area contributed by atoms with Crippen LogP contribution >= 0.6 is 0 Å². The van der Waals surface area contributed by atoms with Gasteiger partial charge in [-0.25, -0.2) is 4.98 Å². The molecule has 4 heteroatoms. The average molecular weight is 240 g/mol. The summed E-state index contributed by atoms with van der Waals surface area (Å²) in [5.74, 6) is 1.03. The second kappa shape index (κ2) is 5.06. The minimum atomic E-state index is 0.891. The Morgan fingerprint density at radius 2 is 2.11 bits per heavy atom. The predicted molar refractivity (Wildman–Crippen MR) is 72.3 cm³/mol. The van der Waals surface area contributed by atoms with Crippen molar-refractivity contribution in [3.63, 3.8) is 0 Å². The van der Waals surface area contributed by atoms with Crippen molar-refractivity contribution in [2.75, 3.05) is 6.54 Å². The first-order chi connectivity index (χ1) is 8.92. The van der Waals surface area contributed by atoms with Crippen LogP contribution in [0.25, 0.3) is 10.9 Å². The zero-order valence-corrected chi connectivity index (χ0v) is 10.1. The largest absolute Gasteiger partial charge is 0.361 e. The van der Waals surface area contributed by atoms with E-state index in [0.29, 0.717) is 0 Å². The number of nitrogens with zero attached hydrogens (tertiary/aromatic N) is 1. The number of aromatic amines is 2. The van der Waals surface area contributed by atoms with Gasteiger partial charge >= 0.3 is 0 Å². The third-order valence-electron chi connectivity index (χ3n) is 3.04. The summed E-state index contributed by atoms with van der Waals surface area (Å²) in [5, 5.41) is 4.69. The zero-order chi connectivity index (χ0) is 12.2. The first-order valence-electron chi connectivity index (χ1n) is 6.17. The van der Waals surface area contributed by atoms with Crippen molar-refractivity contribution < 1.29 is 0 Å². The van der Waals surface area contributed by atoms with Crippen LogP contribution in [0, 0.1) is 0 Å². The van der Waals surface area contributed by atoms with E-state index in [0.717, 1.165) is 25.3 Å². The van der Waals surface area contributed by atoms with E-state index in [2.05, 4.69) is 44.5 Å². The summed E-state index contributed by atoms with van der Waals surface area (Å²) >= 11 is 0. The Morgan fingerprint density at radius 3 is 3.00 bits per heavy atom. The van der Waals surface area contributed by atoms with Gasteiger partial charge in [0.25, 0.3) is 0 Å². The Kier molecular flexibility index (Phi) is 3.10. The van der Waals surface area contributed by atoms with E-state index in [4.69, 9.17) is 0 Å². The van der Waals surface area contributed by atoms with E-state index in [9.17, 15) is 0 Å². The Hall–Kier alpha value is -2.07. The molecule has 0 spiro atoms. The molecule has 0 saturated heterocycles. The fourth-order valence-corrected chi connectivity index (χ4v) is 2.09. The van der Waals surface area contributed by atoms with Gasteiger partial charge in [-0.2, -0.15) is 0 Å². The molecule has 0 bridgehead atoms. The molecule has 0 saturated carbocycles. The molecule has 0 atom stereocenters. The molecule has 2 aromatic heterocycles. The lowest BCUT2D eigenvalue weighted by molar-refractivity contribution is 0.674. The molecular weight excluding hydrogens is 224 g/mol. The minimum Gasteiger partial charge on any atom is -0.361 e. The maximum Gasteiger partial charge on any atom is 0.107 e. The number of benzene rings is 1. The number of hydrogen-bond acceptors (Lipinski definition) is 2. The van der Waals surface area contributed by atoms with Crippen LogP contribution in [0.2, 0.25) is 0 Å². The van der Waals surface area contributed by atoms with Crippen LogP contribution in [-0.4, -0.2) is 21.5 Å². The van der Waals surface area contributed by atoms with E-state index in [1.165, 1.54) is 16.5 Å². The van der Waals surface area contributed by atoms with Crippen LogP contribution in [0.15, 0.2) is 42.9 Å². The predicted octanol–water partition coefficient (Wildman–Crippen LogP) is 2.22. The number of aromatic nitrogens is 3. The van der Waals surface area contributed by atoms with Crippen LogP contribution in [0.3, 0.4) is 0 Å². The molecule has 0 aliphatic carbocycles. The second-order valence-corrected chi connectivity index (χ2v) is 4.36. The monoisotopic (exact) mass is 240 g/mol. The van der Waals surface area contributed by atoms with Gasteiger partial charge in [-0.05, 0) is 29.1 Å². The minimum absolute atomic E-state index is 0.891. The van der Waals surface area contributed by atoms with E-state index in [-0.39, 0.29) is 0 Å². The van der Waals surface area contributed by atoms with Crippen molar-refractivity contribution in [2.45, 2.75) is 13.0 Å². The number of H-pyrrole nitrogens is 2. The molecule has 3 N–H and O–H groups in total. The fraction of sp³-hybridized carbons (Fsp3) is 0.214. The number of nitrogens with one attached hydrogen (secondary N) is 3. The van der Waals surface area contributed by atoms with Crippen molar-refractivity contribution in [1.29, 1.82) is 0 Å². The maximum absolute atomic E-state index is 4.20. The Labute approximate surface area is 105 Å². The van der Waals surface area contributed by atoms with E-state index in [1.807, 2.05) is 12.4 Å². The summed E-state index contributed by atoms with van der Waals surface area (Å²) in [4.78, 5) is 10.5. The highest BCUT2D eigenvalue weighted by molar-refractivity contribution is 5.79. The highest BCUT2D eigenvalue weighted by Gasteiger charge is 1.98. The van der Waals surface area contributed by atoms with Crippen molar-refractivity contribution in [1.82, 2.24) is 20.3 Å². The van der Waals surface area contributed by atoms with Crippen LogP contribution in [-0.2, 0) is 13.0 Å². The molecule has 2 heterocycles. The molecule has 0 aliphatic rings. The van der Waals surface area contributed by atoms with Crippen molar-refractivity contribution in [3.8, 4) is 0 Å². The number of imidazole rings is 1. The summed E-state index contributed by atoms with van der Waals surface area (Å²) in [5.41, 5.74) is 2.50. The van der Waals surface area contributed by atoms with Gasteiger partial charge in [0, 0.05) is 43.6 Å². The SMILES string of the molecule is c1c[nH]c(CCNCc2ccc3[nH]ccc3c2)n1. The Balaban J connectivity index is 1.53. The summed E-state index contributed by atoms with van der Waals surface area (Å²) in [6.45, 7) is 1.82. The third-order valence-corrected chi connectivity index (χ3v) is 3.04. The second-order valence-electron chi connectivity index (χ2n) is 4.36. The molecule has 1 aromatic carbocycles. The summed E-state index contributed by atoms with van der Waals surface area (Å²) < 4.78 is 0. The molecule has 18 heavy (non-hydrogen) atoms. The van der Waals surface area contributed by atoms with E-state index in [1.54, 1.807) is 6.20 Å². The van der Waals surface area contributed by atoms with Gasteiger partial charge < -0.3 is 15.3 Å². The van der Waals surface area contributed by atoms with Crippen LogP contribution in [0.5, 0.6) is 0 Å². The summed E-state index contributed by atoms with van der Waals surface area (Å²) in [6, 6.07) is 8.59. The molecule has 0 unspecified atom stereocenters. The molecule has 0 fully saturated rings. The Bertz CT molecular complexity index is 610. The normalized spacial score (nSPS) is 11.1. The molecule has 4 nitrogen and oxygen atoms in total. The first-order valence-corrected chi connectivity index (χ1v) is 6.17. The van der Waals surface area contributed by atoms with Crippen LogP contribution < -0.4 is 5.32 Å². The summed E-state index contributed by atoms with van der Waals surface area (Å²) in [6.07, 6.45) is 6.54. The average Bonchev–Trinajstić information content (AvgIpc) is 3.05.